The Morgan fingerprint density at radius 1 is 1.36 bits per heavy atom. The molecule has 12 heteroatoms. The van der Waals surface area contributed by atoms with E-state index in [0.717, 1.165) is 12.8 Å². The van der Waals surface area contributed by atoms with Gasteiger partial charge in [-0.2, -0.15) is 18.2 Å². The fourth-order valence-electron chi connectivity index (χ4n) is 2.45. The van der Waals surface area contributed by atoms with E-state index >= 15 is 0 Å². The Hall–Kier alpha value is -2.47. The molecule has 158 valence electrons. The van der Waals surface area contributed by atoms with Crippen LogP contribution in [0, 0.1) is 5.92 Å². The van der Waals surface area contributed by atoms with Crippen LogP contribution < -0.4 is 16.2 Å². The number of hydrogen-bond acceptors (Lipinski definition) is 7. The number of hydroxylamine groups is 2. The molecule has 0 aliphatic rings. The predicted octanol–water partition coefficient (Wildman–Crippen LogP) is 2.18. The van der Waals surface area contributed by atoms with Crippen molar-refractivity contribution in [1.29, 1.82) is 0 Å². The molecule has 1 aromatic heterocycles. The highest BCUT2D eigenvalue weighted by molar-refractivity contribution is 5.93. The third kappa shape index (κ3) is 6.93. The second-order valence-electron chi connectivity index (χ2n) is 6.09. The first kappa shape index (κ1) is 23.6. The van der Waals surface area contributed by atoms with Crippen molar-refractivity contribution < 1.29 is 28.0 Å². The maximum Gasteiger partial charge on any atom is 0.433 e. The van der Waals surface area contributed by atoms with E-state index in [1.165, 1.54) is 0 Å². The molecule has 0 unspecified atom stereocenters. The summed E-state index contributed by atoms with van der Waals surface area (Å²) in [6.45, 7) is 3.53. The number of nitrogens with zero attached hydrogens (tertiary/aromatic N) is 4. The number of hydrazine groups is 1. The normalized spacial score (nSPS) is 12.4. The van der Waals surface area contributed by atoms with Crippen molar-refractivity contribution in [2.24, 2.45) is 11.8 Å². The van der Waals surface area contributed by atoms with Gasteiger partial charge >= 0.3 is 6.18 Å². The second-order valence-corrected chi connectivity index (χ2v) is 6.09. The Balaban J connectivity index is 3.15. The third-order valence-corrected chi connectivity index (χ3v) is 3.86. The largest absolute Gasteiger partial charge is 0.433 e. The highest BCUT2D eigenvalue weighted by Crippen LogP contribution is 2.30. The van der Waals surface area contributed by atoms with Crippen LogP contribution in [0.2, 0.25) is 0 Å². The lowest BCUT2D eigenvalue weighted by molar-refractivity contribution is -0.154. The minimum atomic E-state index is -4.76. The molecule has 1 aromatic rings. The lowest BCUT2D eigenvalue weighted by Crippen LogP contribution is -2.45. The summed E-state index contributed by atoms with van der Waals surface area (Å²) in [6, 6.07) is 0.568. The molecule has 0 bridgehead atoms. The van der Waals surface area contributed by atoms with Crippen molar-refractivity contribution >= 4 is 24.1 Å². The second kappa shape index (κ2) is 10.8. The smallest absolute Gasteiger partial charge is 0.354 e. The molecular weight excluding hydrogens is 381 g/mol. The van der Waals surface area contributed by atoms with Gasteiger partial charge in [-0.25, -0.2) is 20.9 Å². The monoisotopic (exact) mass is 406 g/mol. The van der Waals surface area contributed by atoms with Crippen molar-refractivity contribution in [1.82, 2.24) is 15.0 Å². The van der Waals surface area contributed by atoms with Crippen molar-refractivity contribution in [2.45, 2.75) is 45.7 Å². The molecule has 1 atom stereocenters. The molecule has 0 aliphatic carbocycles. The van der Waals surface area contributed by atoms with Gasteiger partial charge in [-0.15, -0.1) is 0 Å². The molecule has 0 aromatic carbocycles. The van der Waals surface area contributed by atoms with E-state index in [4.69, 9.17) is 5.84 Å². The van der Waals surface area contributed by atoms with E-state index in [-0.39, 0.29) is 25.4 Å². The molecule has 4 N–H and O–H groups in total. The molecule has 2 amide bonds. The van der Waals surface area contributed by atoms with Gasteiger partial charge in [0.1, 0.15) is 0 Å². The van der Waals surface area contributed by atoms with Gasteiger partial charge in [0, 0.05) is 12.6 Å². The number of nitrogens with two attached hydrogens (primary N) is 1. The summed E-state index contributed by atoms with van der Waals surface area (Å²) in [5.41, 5.74) is -1.25. The first-order valence-electron chi connectivity index (χ1n) is 8.83. The summed E-state index contributed by atoms with van der Waals surface area (Å²) in [6.07, 6.45) is -2.04. The Kier molecular flexibility index (Phi) is 9.06. The van der Waals surface area contributed by atoms with Crippen LogP contribution in [0.4, 0.5) is 24.9 Å². The molecular formula is C16H25F3N6O3. The molecule has 1 rings (SSSR count). The SMILES string of the molecule is CCCCC[C@H](CN(O)C=O)C(=O)N(N)c1cc(C(F)(F)F)nc(NCC)n1. The van der Waals surface area contributed by atoms with E-state index in [1.807, 2.05) is 6.92 Å². The third-order valence-electron chi connectivity index (χ3n) is 3.86. The van der Waals surface area contributed by atoms with Crippen molar-refractivity contribution in [3.63, 3.8) is 0 Å². The van der Waals surface area contributed by atoms with E-state index in [1.54, 1.807) is 6.92 Å². The van der Waals surface area contributed by atoms with Gasteiger partial charge in [0.05, 0.1) is 12.5 Å². The summed E-state index contributed by atoms with van der Waals surface area (Å²) < 4.78 is 39.3. The minimum absolute atomic E-state index is 0.136. The van der Waals surface area contributed by atoms with Gasteiger partial charge in [0.15, 0.2) is 11.5 Å². The van der Waals surface area contributed by atoms with Gasteiger partial charge < -0.3 is 5.32 Å². The van der Waals surface area contributed by atoms with Crippen LogP contribution in [-0.4, -0.2) is 45.6 Å². The van der Waals surface area contributed by atoms with E-state index in [0.29, 0.717) is 29.0 Å². The van der Waals surface area contributed by atoms with Gasteiger partial charge in [-0.05, 0) is 13.3 Å². The molecule has 9 nitrogen and oxygen atoms in total. The van der Waals surface area contributed by atoms with Crippen LogP contribution in [0.25, 0.3) is 0 Å². The van der Waals surface area contributed by atoms with Crippen molar-refractivity contribution in [3.05, 3.63) is 11.8 Å². The number of anilines is 2. The Labute approximate surface area is 160 Å². The maximum atomic E-state index is 13.1. The molecule has 0 aliphatic heterocycles. The number of carbonyl (C=O) groups excluding carboxylic acids is 2. The highest BCUT2D eigenvalue weighted by atomic mass is 19.4. The van der Waals surface area contributed by atoms with Crippen molar-refractivity contribution in [3.8, 4) is 0 Å². The first-order chi connectivity index (χ1) is 13.1. The first-order valence-corrected chi connectivity index (χ1v) is 8.83. The number of aromatic nitrogens is 2. The highest BCUT2D eigenvalue weighted by Gasteiger charge is 2.35. The quantitative estimate of drug-likeness (QED) is 0.128. The van der Waals surface area contributed by atoms with Crippen LogP contribution in [0.5, 0.6) is 0 Å². The molecule has 0 saturated heterocycles. The van der Waals surface area contributed by atoms with Gasteiger partial charge in [0.2, 0.25) is 18.3 Å². The van der Waals surface area contributed by atoms with Crippen LogP contribution in [0.3, 0.4) is 0 Å². The Morgan fingerprint density at radius 2 is 2.04 bits per heavy atom. The maximum absolute atomic E-state index is 13.1. The topological polar surface area (TPSA) is 125 Å². The molecule has 0 saturated carbocycles. The van der Waals surface area contributed by atoms with Gasteiger partial charge in [-0.1, -0.05) is 26.2 Å². The van der Waals surface area contributed by atoms with Gasteiger partial charge in [-0.3, -0.25) is 14.8 Å². The number of nitrogens with one attached hydrogen (secondary N) is 1. The molecule has 0 spiro atoms. The molecule has 28 heavy (non-hydrogen) atoms. The van der Waals surface area contributed by atoms with Crippen LogP contribution in [0.15, 0.2) is 6.07 Å². The fourth-order valence-corrected chi connectivity index (χ4v) is 2.45. The Bertz CT molecular complexity index is 659. The number of halogens is 3. The molecule has 0 fully saturated rings. The summed E-state index contributed by atoms with van der Waals surface area (Å²) in [7, 11) is 0. The Morgan fingerprint density at radius 3 is 2.57 bits per heavy atom. The number of hydrogen-bond donors (Lipinski definition) is 3. The number of carbonyl (C=O) groups is 2. The predicted molar refractivity (Wildman–Crippen MR) is 95.1 cm³/mol. The zero-order chi connectivity index (χ0) is 21.3. The average molecular weight is 406 g/mol. The summed E-state index contributed by atoms with van der Waals surface area (Å²) in [5.74, 6) is 3.30. The zero-order valence-corrected chi connectivity index (χ0v) is 15.7. The van der Waals surface area contributed by atoms with Crippen LogP contribution in [0.1, 0.15) is 45.2 Å². The lowest BCUT2D eigenvalue weighted by Gasteiger charge is -2.24. The summed E-state index contributed by atoms with van der Waals surface area (Å²) >= 11 is 0. The van der Waals surface area contributed by atoms with Crippen LogP contribution >= 0.6 is 0 Å². The van der Waals surface area contributed by atoms with Gasteiger partial charge in [0.25, 0.3) is 0 Å². The summed E-state index contributed by atoms with van der Waals surface area (Å²) in [5, 5.41) is 12.8. The zero-order valence-electron chi connectivity index (χ0n) is 15.7. The van der Waals surface area contributed by atoms with E-state index in [2.05, 4.69) is 15.3 Å². The number of unbranched alkanes of at least 4 members (excludes halogenated alkanes) is 2. The number of alkyl halides is 3. The lowest BCUT2D eigenvalue weighted by atomic mass is 10.00. The minimum Gasteiger partial charge on any atom is -0.354 e. The standard InChI is InChI=1S/C16H25F3N6O3/c1-3-5-6-7-11(9-24(28)10-26)14(27)25(20)13-8-12(16(17,18)19)22-15(23-13)21-4-2/h8,10-11,28H,3-7,9,20H2,1-2H3,(H,21,22,23)/t11-/m1/s1. The fraction of sp³-hybridized carbons (Fsp3) is 0.625. The number of rotatable bonds is 11. The summed E-state index contributed by atoms with van der Waals surface area (Å²) in [4.78, 5) is 30.6. The van der Waals surface area contributed by atoms with E-state index < -0.39 is 29.5 Å². The van der Waals surface area contributed by atoms with Crippen molar-refractivity contribution in [2.75, 3.05) is 23.4 Å². The molecule has 1 heterocycles. The number of amides is 2. The molecule has 0 radical (unpaired) electrons. The van der Waals surface area contributed by atoms with E-state index in [9.17, 15) is 28.0 Å². The van der Waals surface area contributed by atoms with Crippen LogP contribution in [-0.2, 0) is 15.8 Å². The average Bonchev–Trinajstić information content (AvgIpc) is 2.65.